The smallest absolute Gasteiger partial charge is 0.341 e. The predicted molar refractivity (Wildman–Crippen MR) is 76.9 cm³/mol. The largest absolute Gasteiger partial charge is 0.462 e. The Kier molecular flexibility index (Phi) is 3.87. The first kappa shape index (κ1) is 13.4. The van der Waals surface area contributed by atoms with Gasteiger partial charge >= 0.3 is 5.97 Å². The number of carbonyl (C=O) groups excluding carboxylic acids is 1. The van der Waals surface area contributed by atoms with Crippen LogP contribution in [-0.4, -0.2) is 43.2 Å². The van der Waals surface area contributed by atoms with Gasteiger partial charge in [-0.2, -0.15) is 0 Å². The molecule has 1 N–H and O–H groups in total. The monoisotopic (exact) mass is 275 g/mol. The third-order valence-electron chi connectivity index (χ3n) is 4.18. The van der Waals surface area contributed by atoms with Crippen molar-refractivity contribution in [3.63, 3.8) is 0 Å². The van der Waals surface area contributed by atoms with Crippen molar-refractivity contribution in [3.05, 3.63) is 23.9 Å². The summed E-state index contributed by atoms with van der Waals surface area (Å²) in [7, 11) is 0. The molecule has 20 heavy (non-hydrogen) atoms. The molecule has 0 saturated carbocycles. The Hall–Kier alpha value is -1.62. The minimum atomic E-state index is -0.279. The second-order valence-corrected chi connectivity index (χ2v) is 5.46. The van der Waals surface area contributed by atoms with Crippen molar-refractivity contribution in [1.82, 2.24) is 10.3 Å². The molecule has 5 nitrogen and oxygen atoms in total. The van der Waals surface area contributed by atoms with E-state index in [0.29, 0.717) is 24.1 Å². The number of esters is 1. The molecule has 1 aromatic rings. The molecule has 2 aliphatic rings. The Morgan fingerprint density at radius 1 is 1.55 bits per heavy atom. The first-order chi connectivity index (χ1) is 9.79. The number of rotatable bonds is 3. The Labute approximate surface area is 119 Å². The van der Waals surface area contributed by atoms with E-state index in [4.69, 9.17) is 4.74 Å². The van der Waals surface area contributed by atoms with E-state index in [9.17, 15) is 4.79 Å². The van der Waals surface area contributed by atoms with Gasteiger partial charge in [-0.15, -0.1) is 0 Å². The van der Waals surface area contributed by atoms with Gasteiger partial charge in [0.05, 0.1) is 6.61 Å². The van der Waals surface area contributed by atoms with Crippen LogP contribution < -0.4 is 10.2 Å². The fourth-order valence-corrected chi connectivity index (χ4v) is 3.24. The maximum atomic E-state index is 12.0. The lowest BCUT2D eigenvalue weighted by atomic mass is 9.94. The van der Waals surface area contributed by atoms with Gasteiger partial charge in [0.15, 0.2) is 0 Å². The Morgan fingerprint density at radius 2 is 2.45 bits per heavy atom. The average Bonchev–Trinajstić information content (AvgIpc) is 2.91. The second kappa shape index (κ2) is 5.79. The van der Waals surface area contributed by atoms with Crippen LogP contribution in [0.15, 0.2) is 18.3 Å². The molecule has 0 bridgehead atoms. The highest BCUT2D eigenvalue weighted by atomic mass is 16.5. The maximum Gasteiger partial charge on any atom is 0.341 e. The number of ether oxygens (including phenoxy) is 1. The summed E-state index contributed by atoms with van der Waals surface area (Å²) >= 11 is 0. The minimum Gasteiger partial charge on any atom is -0.462 e. The molecule has 0 amide bonds. The number of pyridine rings is 1. The zero-order valence-corrected chi connectivity index (χ0v) is 11.8. The zero-order chi connectivity index (χ0) is 13.9. The third-order valence-corrected chi connectivity index (χ3v) is 4.18. The number of carbonyl (C=O) groups is 1. The highest BCUT2D eigenvalue weighted by molar-refractivity contribution is 5.94. The zero-order valence-electron chi connectivity index (χ0n) is 11.8. The van der Waals surface area contributed by atoms with Crippen molar-refractivity contribution in [2.75, 3.05) is 31.1 Å². The van der Waals surface area contributed by atoms with Gasteiger partial charge in [-0.3, -0.25) is 0 Å². The molecule has 0 aromatic carbocycles. The van der Waals surface area contributed by atoms with Crippen LogP contribution in [0.4, 0.5) is 5.82 Å². The molecule has 2 saturated heterocycles. The van der Waals surface area contributed by atoms with Crippen molar-refractivity contribution < 1.29 is 9.53 Å². The molecular weight excluding hydrogens is 254 g/mol. The lowest BCUT2D eigenvalue weighted by Gasteiger charge is -2.24. The number of hydrogen-bond donors (Lipinski definition) is 1. The summed E-state index contributed by atoms with van der Waals surface area (Å²) in [4.78, 5) is 18.7. The van der Waals surface area contributed by atoms with Gasteiger partial charge in [-0.25, -0.2) is 9.78 Å². The summed E-state index contributed by atoms with van der Waals surface area (Å²) in [5.74, 6) is 1.15. The summed E-state index contributed by atoms with van der Waals surface area (Å²) < 4.78 is 5.13. The summed E-state index contributed by atoms with van der Waals surface area (Å²) in [5, 5.41) is 3.57. The van der Waals surface area contributed by atoms with Crippen molar-refractivity contribution in [2.45, 2.75) is 25.8 Å². The van der Waals surface area contributed by atoms with Crippen LogP contribution >= 0.6 is 0 Å². The summed E-state index contributed by atoms with van der Waals surface area (Å²) in [5.41, 5.74) is 0.577. The highest BCUT2D eigenvalue weighted by Crippen LogP contribution is 2.29. The molecule has 1 aromatic heterocycles. The molecule has 2 atom stereocenters. The van der Waals surface area contributed by atoms with Crippen molar-refractivity contribution in [3.8, 4) is 0 Å². The van der Waals surface area contributed by atoms with E-state index in [2.05, 4.69) is 15.2 Å². The quantitative estimate of drug-likeness (QED) is 0.846. The fraction of sp³-hybridized carbons (Fsp3) is 0.600. The Balaban J connectivity index is 1.82. The predicted octanol–water partition coefficient (Wildman–Crippen LogP) is 1.45. The van der Waals surface area contributed by atoms with E-state index in [1.54, 1.807) is 18.3 Å². The van der Waals surface area contributed by atoms with E-state index in [1.165, 1.54) is 12.8 Å². The first-order valence-electron chi connectivity index (χ1n) is 7.40. The topological polar surface area (TPSA) is 54.5 Å². The second-order valence-electron chi connectivity index (χ2n) is 5.46. The SMILES string of the molecule is CCOC(=O)c1cccnc1N1CC2CCCNC2C1. The van der Waals surface area contributed by atoms with Gasteiger partial charge in [0, 0.05) is 25.3 Å². The summed E-state index contributed by atoms with van der Waals surface area (Å²) in [6.07, 6.45) is 4.24. The van der Waals surface area contributed by atoms with E-state index in [-0.39, 0.29) is 5.97 Å². The van der Waals surface area contributed by atoms with Gasteiger partial charge in [0.1, 0.15) is 11.4 Å². The van der Waals surface area contributed by atoms with E-state index in [0.717, 1.165) is 25.5 Å². The molecule has 0 radical (unpaired) electrons. The fourth-order valence-electron chi connectivity index (χ4n) is 3.24. The molecule has 3 rings (SSSR count). The normalized spacial score (nSPS) is 25.4. The van der Waals surface area contributed by atoms with E-state index < -0.39 is 0 Å². The van der Waals surface area contributed by atoms with Crippen LogP contribution in [0.5, 0.6) is 0 Å². The first-order valence-corrected chi connectivity index (χ1v) is 7.40. The van der Waals surface area contributed by atoms with Gasteiger partial charge in [-0.05, 0) is 44.4 Å². The number of fused-ring (bicyclic) bond motifs is 1. The maximum absolute atomic E-state index is 12.0. The highest BCUT2D eigenvalue weighted by Gasteiger charge is 2.36. The van der Waals surface area contributed by atoms with Crippen molar-refractivity contribution in [2.24, 2.45) is 5.92 Å². The molecule has 108 valence electrons. The van der Waals surface area contributed by atoms with Gasteiger partial charge in [0.25, 0.3) is 0 Å². The van der Waals surface area contributed by atoms with Crippen LogP contribution in [0, 0.1) is 5.92 Å². The molecular formula is C15H21N3O2. The number of aromatic nitrogens is 1. The molecule has 0 spiro atoms. The van der Waals surface area contributed by atoms with Crippen LogP contribution in [0.2, 0.25) is 0 Å². The summed E-state index contributed by atoms with van der Waals surface area (Å²) in [6, 6.07) is 4.12. The lowest BCUT2D eigenvalue weighted by molar-refractivity contribution is 0.0526. The molecule has 2 unspecified atom stereocenters. The third kappa shape index (κ3) is 2.50. The number of nitrogens with zero attached hydrogens (tertiary/aromatic N) is 2. The minimum absolute atomic E-state index is 0.279. The standard InChI is InChI=1S/C15H21N3O2/c1-2-20-15(19)12-6-4-8-17-14(12)18-9-11-5-3-7-16-13(11)10-18/h4,6,8,11,13,16H,2-3,5,7,9-10H2,1H3. The van der Waals surface area contributed by atoms with Crippen molar-refractivity contribution in [1.29, 1.82) is 0 Å². The molecule has 5 heteroatoms. The van der Waals surface area contributed by atoms with Gasteiger partial charge < -0.3 is 15.0 Å². The van der Waals surface area contributed by atoms with Gasteiger partial charge in [0.2, 0.25) is 0 Å². The van der Waals surface area contributed by atoms with Crippen LogP contribution in [0.25, 0.3) is 0 Å². The number of anilines is 1. The van der Waals surface area contributed by atoms with E-state index >= 15 is 0 Å². The van der Waals surface area contributed by atoms with Gasteiger partial charge in [-0.1, -0.05) is 0 Å². The number of nitrogens with one attached hydrogen (secondary N) is 1. The van der Waals surface area contributed by atoms with Crippen LogP contribution in [0.3, 0.4) is 0 Å². The Bertz CT molecular complexity index is 478. The number of hydrogen-bond acceptors (Lipinski definition) is 5. The van der Waals surface area contributed by atoms with Crippen molar-refractivity contribution >= 4 is 11.8 Å². The average molecular weight is 275 g/mol. The lowest BCUT2D eigenvalue weighted by Crippen LogP contribution is -2.40. The molecule has 2 aliphatic heterocycles. The molecule has 0 aliphatic carbocycles. The number of piperidine rings is 1. The molecule has 2 fully saturated rings. The molecule has 3 heterocycles. The summed E-state index contributed by atoms with van der Waals surface area (Å²) in [6.45, 7) is 5.21. The van der Waals surface area contributed by atoms with Crippen LogP contribution in [0.1, 0.15) is 30.1 Å². The van der Waals surface area contributed by atoms with E-state index in [1.807, 2.05) is 6.92 Å². The Morgan fingerprint density at radius 3 is 3.25 bits per heavy atom. The van der Waals surface area contributed by atoms with Crippen LogP contribution in [-0.2, 0) is 4.74 Å².